The van der Waals surface area contributed by atoms with Gasteiger partial charge in [-0.1, -0.05) is 146 Å². The standard InChI is InChI=1S/C30H27N3S3/c1-4-22-10-7-13-25(16-22)19-34-28-31-29(35-20-26-14-8-11-23(5-2)17-26)33-30(32-28)36-21-27-15-9-12-24(6-3)18-27/h4-18H,1-3,19-21H2. The molecule has 0 aliphatic rings. The van der Waals surface area contributed by atoms with Crippen molar-refractivity contribution in [1.29, 1.82) is 0 Å². The van der Waals surface area contributed by atoms with E-state index in [0.717, 1.165) is 49.4 Å². The lowest BCUT2D eigenvalue weighted by molar-refractivity contribution is 0.717. The monoisotopic (exact) mass is 525 g/mol. The van der Waals surface area contributed by atoms with Crippen molar-refractivity contribution < 1.29 is 0 Å². The highest BCUT2D eigenvalue weighted by atomic mass is 32.2. The Morgan fingerprint density at radius 3 is 1.08 bits per heavy atom. The summed E-state index contributed by atoms with van der Waals surface area (Å²) in [6.45, 7) is 11.6. The van der Waals surface area contributed by atoms with E-state index in [1.807, 2.05) is 18.2 Å². The molecule has 6 heteroatoms. The first-order valence-corrected chi connectivity index (χ1v) is 14.4. The van der Waals surface area contributed by atoms with Crippen LogP contribution in [0.5, 0.6) is 0 Å². The molecule has 1 aromatic heterocycles. The Bertz CT molecular complexity index is 1190. The van der Waals surface area contributed by atoms with Crippen LogP contribution in [0.2, 0.25) is 0 Å². The summed E-state index contributed by atoms with van der Waals surface area (Å²) in [6.07, 6.45) is 5.59. The summed E-state index contributed by atoms with van der Waals surface area (Å²) in [5.74, 6) is 2.34. The van der Waals surface area contributed by atoms with Crippen LogP contribution < -0.4 is 0 Å². The van der Waals surface area contributed by atoms with Gasteiger partial charge in [-0.2, -0.15) is 15.0 Å². The van der Waals surface area contributed by atoms with Crippen molar-refractivity contribution in [2.24, 2.45) is 0 Å². The second kappa shape index (κ2) is 13.3. The number of nitrogens with zero attached hydrogens (tertiary/aromatic N) is 3. The molecule has 0 radical (unpaired) electrons. The molecule has 1 heterocycles. The van der Waals surface area contributed by atoms with Crippen molar-refractivity contribution in [1.82, 2.24) is 15.0 Å². The topological polar surface area (TPSA) is 38.7 Å². The predicted octanol–water partition coefficient (Wildman–Crippen LogP) is 8.68. The molecule has 0 atom stereocenters. The molecule has 4 aromatic rings. The zero-order valence-corrected chi connectivity index (χ0v) is 22.4. The van der Waals surface area contributed by atoms with Crippen LogP contribution in [0.1, 0.15) is 33.4 Å². The number of benzene rings is 3. The highest BCUT2D eigenvalue weighted by Gasteiger charge is 2.10. The quantitative estimate of drug-likeness (QED) is 0.172. The van der Waals surface area contributed by atoms with E-state index in [1.165, 1.54) is 16.7 Å². The lowest BCUT2D eigenvalue weighted by Crippen LogP contribution is -1.98. The maximum atomic E-state index is 4.77. The molecular weight excluding hydrogens is 499 g/mol. The maximum absolute atomic E-state index is 4.77. The highest BCUT2D eigenvalue weighted by molar-refractivity contribution is 7.99. The van der Waals surface area contributed by atoms with E-state index in [0.29, 0.717) is 0 Å². The van der Waals surface area contributed by atoms with Crippen LogP contribution in [0, 0.1) is 0 Å². The van der Waals surface area contributed by atoms with Gasteiger partial charge in [0, 0.05) is 17.3 Å². The summed E-state index contributed by atoms with van der Waals surface area (Å²) in [5.41, 5.74) is 6.97. The van der Waals surface area contributed by atoms with Gasteiger partial charge in [0.2, 0.25) is 0 Å². The van der Waals surface area contributed by atoms with Gasteiger partial charge in [-0.3, -0.25) is 0 Å². The van der Waals surface area contributed by atoms with Crippen molar-refractivity contribution in [2.45, 2.75) is 32.7 Å². The summed E-state index contributed by atoms with van der Waals surface area (Å²) >= 11 is 4.88. The molecule has 3 nitrogen and oxygen atoms in total. The van der Waals surface area contributed by atoms with Gasteiger partial charge in [-0.15, -0.1) is 0 Å². The number of aromatic nitrogens is 3. The normalized spacial score (nSPS) is 10.7. The van der Waals surface area contributed by atoms with Crippen molar-refractivity contribution in [3.63, 3.8) is 0 Å². The Morgan fingerprint density at radius 2 is 0.806 bits per heavy atom. The molecule has 0 amide bonds. The van der Waals surface area contributed by atoms with Gasteiger partial charge < -0.3 is 0 Å². The van der Waals surface area contributed by atoms with Gasteiger partial charge in [0.25, 0.3) is 0 Å². The zero-order chi connectivity index (χ0) is 25.2. The fraction of sp³-hybridized carbons (Fsp3) is 0.100. The van der Waals surface area contributed by atoms with Crippen LogP contribution in [0.4, 0.5) is 0 Å². The van der Waals surface area contributed by atoms with Gasteiger partial charge in [0.05, 0.1) is 0 Å². The zero-order valence-electron chi connectivity index (χ0n) is 20.0. The summed E-state index contributed by atoms with van der Waals surface area (Å²) < 4.78 is 0. The molecule has 180 valence electrons. The average molecular weight is 526 g/mol. The van der Waals surface area contributed by atoms with E-state index in [2.05, 4.69) is 92.5 Å². The Hall–Kier alpha value is -3.06. The second-order valence-corrected chi connectivity index (χ2v) is 10.7. The molecule has 0 saturated heterocycles. The molecule has 4 rings (SSSR count). The van der Waals surface area contributed by atoms with E-state index in [4.69, 9.17) is 15.0 Å². The Kier molecular flexibility index (Phi) is 9.61. The molecule has 3 aromatic carbocycles. The van der Waals surface area contributed by atoms with Crippen molar-refractivity contribution in [3.8, 4) is 0 Å². The minimum Gasteiger partial charge on any atom is -0.196 e. The molecule has 0 spiro atoms. The second-order valence-electron chi connectivity index (χ2n) is 7.90. The predicted molar refractivity (Wildman–Crippen MR) is 158 cm³/mol. The summed E-state index contributed by atoms with van der Waals surface area (Å²) in [5, 5.41) is 2.20. The summed E-state index contributed by atoms with van der Waals surface area (Å²) in [6, 6.07) is 25.1. The first kappa shape index (κ1) is 26.0. The third-order valence-corrected chi connectivity index (χ3v) is 7.99. The van der Waals surface area contributed by atoms with Crippen LogP contribution >= 0.6 is 35.3 Å². The fourth-order valence-corrected chi connectivity index (χ4v) is 5.89. The smallest absolute Gasteiger partial charge is 0.192 e. The summed E-state index contributed by atoms with van der Waals surface area (Å²) in [7, 11) is 0. The van der Waals surface area contributed by atoms with Gasteiger partial charge in [-0.05, 0) is 33.4 Å². The molecule has 36 heavy (non-hydrogen) atoms. The van der Waals surface area contributed by atoms with Crippen LogP contribution in [0.25, 0.3) is 18.2 Å². The molecular formula is C30H27N3S3. The molecule has 0 aliphatic carbocycles. The first-order valence-electron chi connectivity index (χ1n) is 11.4. The lowest BCUT2D eigenvalue weighted by Gasteiger charge is -2.08. The Balaban J connectivity index is 1.52. The molecule has 0 saturated carbocycles. The number of thioether (sulfide) groups is 3. The van der Waals surface area contributed by atoms with E-state index in [-0.39, 0.29) is 0 Å². The van der Waals surface area contributed by atoms with Gasteiger partial charge in [0.1, 0.15) is 0 Å². The van der Waals surface area contributed by atoms with Crippen LogP contribution in [-0.2, 0) is 17.3 Å². The molecule has 0 N–H and O–H groups in total. The first-order chi connectivity index (χ1) is 17.6. The van der Waals surface area contributed by atoms with Gasteiger partial charge >= 0.3 is 0 Å². The van der Waals surface area contributed by atoms with Crippen LogP contribution in [0.3, 0.4) is 0 Å². The molecule has 0 bridgehead atoms. The minimum atomic E-state index is 0.735. The van der Waals surface area contributed by atoms with E-state index >= 15 is 0 Å². The molecule has 0 aliphatic heterocycles. The average Bonchev–Trinajstić information content (AvgIpc) is 2.94. The van der Waals surface area contributed by atoms with Crippen LogP contribution in [0.15, 0.2) is 108 Å². The van der Waals surface area contributed by atoms with E-state index in [1.54, 1.807) is 35.3 Å². The third kappa shape index (κ3) is 7.72. The number of rotatable bonds is 12. The van der Waals surface area contributed by atoms with Gasteiger partial charge in [-0.25, -0.2) is 0 Å². The minimum absolute atomic E-state index is 0.735. The van der Waals surface area contributed by atoms with Crippen molar-refractivity contribution >= 4 is 53.5 Å². The lowest BCUT2D eigenvalue weighted by atomic mass is 10.1. The highest BCUT2D eigenvalue weighted by Crippen LogP contribution is 2.28. The molecule has 0 unspecified atom stereocenters. The number of hydrogen-bond acceptors (Lipinski definition) is 6. The fourth-order valence-electron chi connectivity index (χ4n) is 3.39. The van der Waals surface area contributed by atoms with Crippen molar-refractivity contribution in [2.75, 3.05) is 0 Å². The molecule has 0 fully saturated rings. The Labute approximate surface area is 226 Å². The van der Waals surface area contributed by atoms with Crippen LogP contribution in [-0.4, -0.2) is 15.0 Å². The van der Waals surface area contributed by atoms with E-state index < -0.39 is 0 Å². The SMILES string of the molecule is C=Cc1cccc(CSc2nc(SCc3cccc(C=C)c3)nc(SCc3cccc(C=C)c3)n2)c1. The number of hydrogen-bond donors (Lipinski definition) is 0. The third-order valence-electron chi connectivity index (χ3n) is 5.24. The van der Waals surface area contributed by atoms with Gasteiger partial charge in [0.15, 0.2) is 15.5 Å². The largest absolute Gasteiger partial charge is 0.196 e. The van der Waals surface area contributed by atoms with Crippen molar-refractivity contribution in [3.05, 3.63) is 126 Å². The Morgan fingerprint density at radius 1 is 0.500 bits per heavy atom. The maximum Gasteiger partial charge on any atom is 0.192 e. The van der Waals surface area contributed by atoms with E-state index in [9.17, 15) is 0 Å². The summed E-state index contributed by atoms with van der Waals surface area (Å²) in [4.78, 5) is 14.3.